The predicted molar refractivity (Wildman–Crippen MR) is 237 cm³/mol. The lowest BCUT2D eigenvalue weighted by Crippen LogP contribution is -2.28. The predicted octanol–water partition coefficient (Wildman–Crippen LogP) is 14.8. The zero-order chi connectivity index (χ0) is 37.8. The van der Waals surface area contributed by atoms with Crippen LogP contribution in [0.3, 0.4) is 0 Å². The minimum Gasteiger partial charge on any atom is -0.454 e. The summed E-state index contributed by atoms with van der Waals surface area (Å²) in [5.41, 5.74) is 16.6. The maximum absolute atomic E-state index is 6.81. The van der Waals surface area contributed by atoms with Crippen molar-refractivity contribution < 1.29 is 4.42 Å². The molecular weight excluding hydrogens is 691 g/mol. The summed E-state index contributed by atoms with van der Waals surface area (Å²) in [6.45, 7) is 0. The molecule has 2 heteroatoms. The molecule has 0 spiro atoms. The molecule has 1 aliphatic carbocycles. The number of anilines is 3. The number of rotatable bonds is 7. The summed E-state index contributed by atoms with van der Waals surface area (Å²) in [4.78, 5) is 2.34. The Kier molecular flexibility index (Phi) is 7.75. The molecule has 0 radical (unpaired) electrons. The van der Waals surface area contributed by atoms with Crippen molar-refractivity contribution in [1.82, 2.24) is 0 Å². The van der Waals surface area contributed by atoms with Crippen molar-refractivity contribution in [3.8, 4) is 33.4 Å². The molecule has 11 rings (SSSR count). The second-order valence-corrected chi connectivity index (χ2v) is 14.8. The van der Waals surface area contributed by atoms with Gasteiger partial charge in [0.2, 0.25) is 0 Å². The molecule has 0 bridgehead atoms. The van der Waals surface area contributed by atoms with Crippen molar-refractivity contribution in [2.24, 2.45) is 0 Å². The van der Waals surface area contributed by atoms with Gasteiger partial charge in [0.05, 0.1) is 11.1 Å². The highest BCUT2D eigenvalue weighted by Crippen LogP contribution is 2.57. The van der Waals surface area contributed by atoms with Crippen molar-refractivity contribution >= 4 is 39.0 Å². The summed E-state index contributed by atoms with van der Waals surface area (Å²) in [7, 11) is 0. The van der Waals surface area contributed by atoms with E-state index in [0.717, 1.165) is 50.1 Å². The van der Waals surface area contributed by atoms with Crippen LogP contribution in [0.1, 0.15) is 22.3 Å². The van der Waals surface area contributed by atoms with Gasteiger partial charge in [-0.1, -0.05) is 176 Å². The van der Waals surface area contributed by atoms with Gasteiger partial charge < -0.3 is 9.32 Å². The zero-order valence-corrected chi connectivity index (χ0v) is 31.2. The van der Waals surface area contributed by atoms with E-state index >= 15 is 0 Å². The number of hydrogen-bond donors (Lipinski definition) is 0. The van der Waals surface area contributed by atoms with E-state index in [1.807, 2.05) is 6.07 Å². The van der Waals surface area contributed by atoms with Crippen LogP contribution in [0.2, 0.25) is 0 Å². The van der Waals surface area contributed by atoms with E-state index in [9.17, 15) is 0 Å². The van der Waals surface area contributed by atoms with E-state index in [4.69, 9.17) is 4.42 Å². The van der Waals surface area contributed by atoms with Crippen LogP contribution in [0.4, 0.5) is 17.1 Å². The summed E-state index contributed by atoms with van der Waals surface area (Å²) in [6.07, 6.45) is 0. The smallest absolute Gasteiger partial charge is 0.159 e. The molecule has 2 nitrogen and oxygen atoms in total. The van der Waals surface area contributed by atoms with Crippen LogP contribution in [-0.2, 0) is 5.41 Å². The fraction of sp³-hybridized carbons (Fsp3) is 0.0182. The maximum Gasteiger partial charge on any atom is 0.159 e. The highest BCUT2D eigenvalue weighted by Gasteiger charge is 2.46. The Morgan fingerprint density at radius 1 is 0.351 bits per heavy atom. The van der Waals surface area contributed by atoms with Gasteiger partial charge >= 0.3 is 0 Å². The van der Waals surface area contributed by atoms with Crippen LogP contribution >= 0.6 is 0 Å². The van der Waals surface area contributed by atoms with E-state index in [1.54, 1.807) is 0 Å². The standard InChI is InChI=1S/C55H37NO/c1-5-17-38(18-6-1)39-29-32-45(33-30-39)56(44-23-11-4-12-24-44)52-37-41(35-49-48-26-14-16-28-53(48)57-54(49)52)40-31-34-47-46-25-13-15-27-50(46)55(51(47)36-40,42-19-7-2-8-20-42)43-21-9-3-10-22-43/h1-37H. The molecule has 0 aliphatic heterocycles. The molecule has 1 aromatic heterocycles. The van der Waals surface area contributed by atoms with E-state index in [0.29, 0.717) is 0 Å². The molecule has 0 atom stereocenters. The normalized spacial score (nSPS) is 12.7. The van der Waals surface area contributed by atoms with Crippen molar-refractivity contribution in [2.45, 2.75) is 5.41 Å². The van der Waals surface area contributed by atoms with Crippen LogP contribution in [0.5, 0.6) is 0 Å². The van der Waals surface area contributed by atoms with Crippen LogP contribution in [0, 0.1) is 0 Å². The van der Waals surface area contributed by atoms with Gasteiger partial charge in [0, 0.05) is 22.1 Å². The first-order valence-corrected chi connectivity index (χ1v) is 19.6. The Labute approximate surface area is 332 Å². The number of para-hydroxylation sites is 2. The fourth-order valence-electron chi connectivity index (χ4n) is 9.20. The molecule has 0 amide bonds. The molecule has 1 aliphatic rings. The SMILES string of the molecule is c1ccc(-c2ccc(N(c3ccccc3)c3cc(-c4ccc5c(c4)C(c4ccccc4)(c4ccccc4)c4ccccc4-5)cc4c3oc3ccccc34)cc2)cc1. The minimum absolute atomic E-state index is 0.490. The quantitative estimate of drug-likeness (QED) is 0.163. The average molecular weight is 728 g/mol. The topological polar surface area (TPSA) is 16.4 Å². The average Bonchev–Trinajstić information content (AvgIpc) is 3.82. The molecule has 0 N–H and O–H groups in total. The van der Waals surface area contributed by atoms with E-state index in [2.05, 4.69) is 223 Å². The summed E-state index contributed by atoms with van der Waals surface area (Å²) in [5.74, 6) is 0. The highest BCUT2D eigenvalue weighted by atomic mass is 16.3. The number of nitrogens with zero attached hydrogens (tertiary/aromatic N) is 1. The molecule has 1 heterocycles. The second-order valence-electron chi connectivity index (χ2n) is 14.8. The summed E-state index contributed by atoms with van der Waals surface area (Å²) >= 11 is 0. The third-order valence-corrected chi connectivity index (χ3v) is 11.7. The molecule has 0 saturated heterocycles. The first-order valence-electron chi connectivity index (χ1n) is 19.6. The third-order valence-electron chi connectivity index (χ3n) is 11.7. The summed E-state index contributed by atoms with van der Waals surface area (Å²) < 4.78 is 6.81. The van der Waals surface area contributed by atoms with E-state index < -0.39 is 5.41 Å². The molecule has 9 aromatic carbocycles. The summed E-state index contributed by atoms with van der Waals surface area (Å²) in [6, 6.07) is 81.1. The Bertz CT molecular complexity index is 3000. The lowest BCUT2D eigenvalue weighted by atomic mass is 9.67. The second kappa shape index (κ2) is 13.4. The van der Waals surface area contributed by atoms with Crippen molar-refractivity contribution in [2.75, 3.05) is 4.90 Å². The largest absolute Gasteiger partial charge is 0.454 e. The van der Waals surface area contributed by atoms with Gasteiger partial charge in [-0.05, 0) is 104 Å². The first-order chi connectivity index (χ1) is 28.3. The van der Waals surface area contributed by atoms with Crippen LogP contribution in [0.25, 0.3) is 55.3 Å². The van der Waals surface area contributed by atoms with Gasteiger partial charge in [0.1, 0.15) is 5.58 Å². The molecule has 268 valence electrons. The summed E-state index contributed by atoms with van der Waals surface area (Å²) in [5, 5.41) is 2.18. The zero-order valence-electron chi connectivity index (χ0n) is 31.2. The number of hydrogen-bond acceptors (Lipinski definition) is 2. The molecule has 57 heavy (non-hydrogen) atoms. The lowest BCUT2D eigenvalue weighted by Gasteiger charge is -2.34. The van der Waals surface area contributed by atoms with Crippen LogP contribution in [0.15, 0.2) is 229 Å². The van der Waals surface area contributed by atoms with Gasteiger partial charge in [-0.15, -0.1) is 0 Å². The third kappa shape index (κ3) is 5.26. The monoisotopic (exact) mass is 727 g/mol. The Morgan fingerprint density at radius 2 is 0.895 bits per heavy atom. The Hall–Kier alpha value is -7.42. The number of furan rings is 1. The fourth-order valence-corrected chi connectivity index (χ4v) is 9.20. The van der Waals surface area contributed by atoms with Crippen molar-refractivity contribution in [3.63, 3.8) is 0 Å². The van der Waals surface area contributed by atoms with E-state index in [1.165, 1.54) is 44.5 Å². The molecule has 10 aromatic rings. The first kappa shape index (κ1) is 33.0. The Morgan fingerprint density at radius 3 is 1.61 bits per heavy atom. The minimum atomic E-state index is -0.490. The van der Waals surface area contributed by atoms with Crippen LogP contribution < -0.4 is 4.90 Å². The molecule has 0 saturated carbocycles. The van der Waals surface area contributed by atoms with E-state index in [-0.39, 0.29) is 0 Å². The van der Waals surface area contributed by atoms with Crippen molar-refractivity contribution in [1.29, 1.82) is 0 Å². The highest BCUT2D eigenvalue weighted by molar-refractivity contribution is 6.12. The number of benzene rings is 9. The van der Waals surface area contributed by atoms with Crippen molar-refractivity contribution in [3.05, 3.63) is 247 Å². The Balaban J connectivity index is 1.17. The molecule has 0 fully saturated rings. The van der Waals surface area contributed by atoms with Gasteiger partial charge in [-0.3, -0.25) is 0 Å². The van der Waals surface area contributed by atoms with Gasteiger partial charge in [-0.25, -0.2) is 0 Å². The lowest BCUT2D eigenvalue weighted by molar-refractivity contribution is 0.669. The molecular formula is C55H37NO. The van der Waals surface area contributed by atoms with Gasteiger partial charge in [-0.2, -0.15) is 0 Å². The van der Waals surface area contributed by atoms with Crippen LogP contribution in [-0.4, -0.2) is 0 Å². The van der Waals surface area contributed by atoms with Gasteiger partial charge in [0.15, 0.2) is 5.58 Å². The maximum atomic E-state index is 6.81. The molecule has 0 unspecified atom stereocenters. The number of fused-ring (bicyclic) bond motifs is 6. The van der Waals surface area contributed by atoms with Gasteiger partial charge in [0.25, 0.3) is 0 Å².